The summed E-state index contributed by atoms with van der Waals surface area (Å²) in [4.78, 5) is 15.1. The van der Waals surface area contributed by atoms with Gasteiger partial charge in [-0.2, -0.15) is 11.8 Å². The van der Waals surface area contributed by atoms with Gasteiger partial charge in [-0.25, -0.2) is 0 Å². The predicted octanol–water partition coefficient (Wildman–Crippen LogP) is 2.76. The van der Waals surface area contributed by atoms with Crippen molar-refractivity contribution in [2.75, 3.05) is 38.9 Å². The Morgan fingerprint density at radius 1 is 1.32 bits per heavy atom. The molecule has 1 aromatic carbocycles. The Morgan fingerprint density at radius 2 is 2.20 bits per heavy atom. The number of amides is 1. The Hall–Kier alpha value is -1.40. The topological polar surface area (TPSA) is 48.0 Å². The smallest absolute Gasteiger partial charge is 0.227 e. The van der Waals surface area contributed by atoms with E-state index < -0.39 is 0 Å². The molecule has 0 radical (unpaired) electrons. The Balaban J connectivity index is 1.72. The average molecular weight is 365 g/mol. The summed E-state index contributed by atoms with van der Waals surface area (Å²) in [6.45, 7) is 1.53. The lowest BCUT2D eigenvalue weighted by Gasteiger charge is -2.31. The summed E-state index contributed by atoms with van der Waals surface area (Å²) < 4.78 is 16.5. The lowest BCUT2D eigenvalue weighted by Crippen LogP contribution is -2.45. The van der Waals surface area contributed by atoms with Crippen molar-refractivity contribution in [1.82, 2.24) is 4.90 Å². The largest absolute Gasteiger partial charge is 0.497 e. The first-order valence-electron chi connectivity index (χ1n) is 8.91. The molecule has 2 atom stereocenters. The van der Waals surface area contributed by atoms with Crippen molar-refractivity contribution in [3.05, 3.63) is 23.8 Å². The number of thioether (sulfide) groups is 1. The van der Waals surface area contributed by atoms with E-state index in [1.807, 2.05) is 30.0 Å². The Bertz CT molecular complexity index is 583. The van der Waals surface area contributed by atoms with Gasteiger partial charge in [0.25, 0.3) is 0 Å². The second-order valence-electron chi connectivity index (χ2n) is 6.55. The zero-order chi connectivity index (χ0) is 17.6. The lowest BCUT2D eigenvalue weighted by molar-refractivity contribution is -0.134. The van der Waals surface area contributed by atoms with E-state index in [0.29, 0.717) is 24.8 Å². The predicted molar refractivity (Wildman–Crippen MR) is 99.7 cm³/mol. The molecule has 2 aliphatic heterocycles. The molecule has 2 heterocycles. The van der Waals surface area contributed by atoms with Crippen LogP contribution in [0.1, 0.15) is 24.8 Å². The number of carbonyl (C=O) groups excluding carboxylic acids is 1. The third-order valence-electron chi connectivity index (χ3n) is 4.93. The highest BCUT2D eigenvalue weighted by atomic mass is 32.2. The number of ether oxygens (including phenoxy) is 3. The molecule has 1 amide bonds. The minimum absolute atomic E-state index is 0.159. The number of methoxy groups -OCH3 is 2. The molecular weight excluding hydrogens is 338 g/mol. The van der Waals surface area contributed by atoms with Gasteiger partial charge in [-0.1, -0.05) is 6.07 Å². The quantitative estimate of drug-likeness (QED) is 0.744. The maximum absolute atomic E-state index is 13.1. The van der Waals surface area contributed by atoms with Gasteiger partial charge in [0.2, 0.25) is 5.91 Å². The third kappa shape index (κ3) is 4.61. The molecule has 3 rings (SSSR count). The summed E-state index contributed by atoms with van der Waals surface area (Å²) >= 11 is 1.93. The van der Waals surface area contributed by atoms with Crippen LogP contribution in [-0.4, -0.2) is 61.8 Å². The van der Waals surface area contributed by atoms with E-state index in [0.717, 1.165) is 48.7 Å². The van der Waals surface area contributed by atoms with Crippen molar-refractivity contribution in [2.45, 2.75) is 37.8 Å². The van der Waals surface area contributed by atoms with E-state index in [1.54, 1.807) is 14.2 Å². The Morgan fingerprint density at radius 3 is 2.84 bits per heavy atom. The van der Waals surface area contributed by atoms with Gasteiger partial charge in [0.1, 0.15) is 11.5 Å². The summed E-state index contributed by atoms with van der Waals surface area (Å²) in [5.74, 6) is 3.75. The lowest BCUT2D eigenvalue weighted by atomic mass is 10.1. The van der Waals surface area contributed by atoms with Crippen LogP contribution in [-0.2, 0) is 16.0 Å². The number of nitrogens with zero attached hydrogens (tertiary/aromatic N) is 1. The van der Waals surface area contributed by atoms with Crippen LogP contribution in [0.15, 0.2) is 18.2 Å². The van der Waals surface area contributed by atoms with Gasteiger partial charge in [-0.05, 0) is 31.1 Å². The molecule has 2 saturated heterocycles. The van der Waals surface area contributed by atoms with E-state index in [1.165, 1.54) is 0 Å². The van der Waals surface area contributed by atoms with E-state index >= 15 is 0 Å². The molecule has 25 heavy (non-hydrogen) atoms. The van der Waals surface area contributed by atoms with Crippen molar-refractivity contribution in [3.8, 4) is 11.5 Å². The third-order valence-corrected chi connectivity index (χ3v) is 6.07. The molecule has 0 N–H and O–H groups in total. The van der Waals surface area contributed by atoms with Crippen LogP contribution in [0.3, 0.4) is 0 Å². The van der Waals surface area contributed by atoms with Crippen LogP contribution in [0, 0.1) is 0 Å². The van der Waals surface area contributed by atoms with Crippen LogP contribution >= 0.6 is 11.8 Å². The zero-order valence-corrected chi connectivity index (χ0v) is 15.8. The fourth-order valence-corrected chi connectivity index (χ4v) is 4.72. The molecule has 0 aliphatic carbocycles. The molecule has 1 aromatic rings. The first-order valence-corrected chi connectivity index (χ1v) is 10.1. The Kier molecular flexibility index (Phi) is 6.48. The van der Waals surface area contributed by atoms with Gasteiger partial charge in [0.05, 0.1) is 26.7 Å². The van der Waals surface area contributed by atoms with Crippen LogP contribution in [0.4, 0.5) is 0 Å². The minimum Gasteiger partial charge on any atom is -0.497 e. The van der Waals surface area contributed by atoms with Gasteiger partial charge < -0.3 is 19.1 Å². The second kappa shape index (κ2) is 8.81. The van der Waals surface area contributed by atoms with Gasteiger partial charge in [-0.3, -0.25) is 4.79 Å². The van der Waals surface area contributed by atoms with Crippen molar-refractivity contribution in [1.29, 1.82) is 0 Å². The maximum atomic E-state index is 13.1. The SMILES string of the molecule is COc1ccc(CC(=O)N(CC2CCCO2)C2CCSC2)c(OC)c1. The van der Waals surface area contributed by atoms with E-state index in [9.17, 15) is 4.79 Å². The normalized spacial score (nSPS) is 22.8. The first kappa shape index (κ1) is 18.4. The summed E-state index contributed by atoms with van der Waals surface area (Å²) in [6.07, 6.45) is 3.75. The van der Waals surface area contributed by atoms with Crippen molar-refractivity contribution in [3.63, 3.8) is 0 Å². The number of hydrogen-bond donors (Lipinski definition) is 0. The molecule has 138 valence electrons. The van der Waals surface area contributed by atoms with E-state index in [4.69, 9.17) is 14.2 Å². The molecule has 0 bridgehead atoms. The summed E-state index contributed by atoms with van der Waals surface area (Å²) in [5.41, 5.74) is 0.899. The molecular formula is C19H27NO4S. The van der Waals surface area contributed by atoms with Crippen LogP contribution in [0.2, 0.25) is 0 Å². The average Bonchev–Trinajstić information content (AvgIpc) is 3.33. The van der Waals surface area contributed by atoms with Gasteiger partial charge in [0, 0.05) is 36.6 Å². The molecule has 2 aliphatic rings. The highest BCUT2D eigenvalue weighted by Gasteiger charge is 2.30. The fraction of sp³-hybridized carbons (Fsp3) is 0.632. The van der Waals surface area contributed by atoms with Crippen molar-refractivity contribution >= 4 is 17.7 Å². The highest BCUT2D eigenvalue weighted by molar-refractivity contribution is 7.99. The number of carbonyl (C=O) groups is 1. The minimum atomic E-state index is 0.159. The summed E-state index contributed by atoms with van der Waals surface area (Å²) in [5, 5.41) is 0. The van der Waals surface area contributed by atoms with Crippen LogP contribution < -0.4 is 9.47 Å². The molecule has 0 saturated carbocycles. The standard InChI is InChI=1S/C19H27NO4S/c1-22-16-6-5-14(18(11-16)23-2)10-19(21)20(15-7-9-25-13-15)12-17-4-3-8-24-17/h5-6,11,15,17H,3-4,7-10,12-13H2,1-2H3. The van der Waals surface area contributed by atoms with Crippen molar-refractivity contribution in [2.24, 2.45) is 0 Å². The highest BCUT2D eigenvalue weighted by Crippen LogP contribution is 2.28. The van der Waals surface area contributed by atoms with E-state index in [-0.39, 0.29) is 12.0 Å². The number of rotatable bonds is 7. The van der Waals surface area contributed by atoms with Crippen molar-refractivity contribution < 1.29 is 19.0 Å². The molecule has 2 unspecified atom stereocenters. The molecule has 2 fully saturated rings. The number of hydrogen-bond acceptors (Lipinski definition) is 5. The molecule has 6 heteroatoms. The van der Waals surface area contributed by atoms with E-state index in [2.05, 4.69) is 4.90 Å². The van der Waals surface area contributed by atoms with Gasteiger partial charge in [0.15, 0.2) is 0 Å². The van der Waals surface area contributed by atoms with Crippen LogP contribution in [0.25, 0.3) is 0 Å². The maximum Gasteiger partial charge on any atom is 0.227 e. The number of benzene rings is 1. The van der Waals surface area contributed by atoms with Gasteiger partial charge >= 0.3 is 0 Å². The van der Waals surface area contributed by atoms with Gasteiger partial charge in [-0.15, -0.1) is 0 Å². The monoisotopic (exact) mass is 365 g/mol. The Labute approximate surface area is 154 Å². The fourth-order valence-electron chi connectivity index (χ4n) is 3.49. The first-order chi connectivity index (χ1) is 12.2. The zero-order valence-electron chi connectivity index (χ0n) is 15.0. The second-order valence-corrected chi connectivity index (χ2v) is 7.70. The molecule has 0 spiro atoms. The summed E-state index contributed by atoms with van der Waals surface area (Å²) in [6, 6.07) is 5.95. The van der Waals surface area contributed by atoms with Crippen LogP contribution in [0.5, 0.6) is 11.5 Å². The molecule has 5 nitrogen and oxygen atoms in total. The molecule has 0 aromatic heterocycles. The summed E-state index contributed by atoms with van der Waals surface area (Å²) in [7, 11) is 3.25.